The molecule has 0 bridgehead atoms. The molecule has 2 aromatic heterocycles. The maximum absolute atomic E-state index is 13.0. The number of piperazine rings is 1. The van der Waals surface area contributed by atoms with Crippen LogP contribution in [0.4, 0.5) is 10.1 Å². The molecular formula is C18H17BrFN3O2. The second-order valence-corrected chi connectivity index (χ2v) is 6.93. The summed E-state index contributed by atoms with van der Waals surface area (Å²) < 4.78 is 21.1. The topological polar surface area (TPSA) is 41.6 Å². The molecule has 0 radical (unpaired) electrons. The maximum Gasteiger partial charge on any atom is 0.270 e. The van der Waals surface area contributed by atoms with Gasteiger partial charge in [-0.1, -0.05) is 0 Å². The Labute approximate surface area is 152 Å². The Morgan fingerprint density at radius 1 is 1.12 bits per heavy atom. The first kappa shape index (κ1) is 16.2. The fourth-order valence-electron chi connectivity index (χ4n) is 3.27. The summed E-state index contributed by atoms with van der Waals surface area (Å²) in [5.41, 5.74) is 3.19. The standard InChI is InChI=1S/C18H17BrFN3O2/c1-21-14-11-17(19)25-16(14)10-15(21)18(24)23-8-6-22(7-9-23)13-4-2-12(20)3-5-13/h2-5,10-11H,6-9H2,1H3. The van der Waals surface area contributed by atoms with Gasteiger partial charge in [0.05, 0.1) is 5.52 Å². The van der Waals surface area contributed by atoms with Gasteiger partial charge >= 0.3 is 0 Å². The Bertz CT molecular complexity index is 924. The fraction of sp³-hybridized carbons (Fsp3) is 0.278. The third-order valence-corrected chi connectivity index (χ3v) is 5.07. The highest BCUT2D eigenvalue weighted by molar-refractivity contribution is 9.10. The van der Waals surface area contributed by atoms with Gasteiger partial charge in [0.15, 0.2) is 10.3 Å². The lowest BCUT2D eigenvalue weighted by molar-refractivity contribution is 0.0737. The summed E-state index contributed by atoms with van der Waals surface area (Å²) in [5, 5.41) is 0. The lowest BCUT2D eigenvalue weighted by atomic mass is 10.2. The number of benzene rings is 1. The number of furan rings is 1. The summed E-state index contributed by atoms with van der Waals surface area (Å²) in [6.07, 6.45) is 0. The Balaban J connectivity index is 1.47. The van der Waals surface area contributed by atoms with Crippen LogP contribution in [0.3, 0.4) is 0 Å². The average molecular weight is 406 g/mol. The molecule has 7 heteroatoms. The molecule has 0 aliphatic carbocycles. The van der Waals surface area contributed by atoms with Crippen LogP contribution in [0.1, 0.15) is 10.5 Å². The van der Waals surface area contributed by atoms with Crippen molar-refractivity contribution in [3.8, 4) is 0 Å². The number of aryl methyl sites for hydroxylation is 1. The van der Waals surface area contributed by atoms with E-state index < -0.39 is 0 Å². The number of anilines is 1. The summed E-state index contributed by atoms with van der Waals surface area (Å²) >= 11 is 3.31. The van der Waals surface area contributed by atoms with E-state index in [1.54, 1.807) is 18.2 Å². The number of rotatable bonds is 2. The highest BCUT2D eigenvalue weighted by Crippen LogP contribution is 2.27. The summed E-state index contributed by atoms with van der Waals surface area (Å²) in [6, 6.07) is 10.1. The van der Waals surface area contributed by atoms with Crippen LogP contribution < -0.4 is 4.90 Å². The molecule has 0 atom stereocenters. The zero-order valence-electron chi connectivity index (χ0n) is 13.7. The van der Waals surface area contributed by atoms with Crippen LogP contribution in [0.15, 0.2) is 45.5 Å². The third kappa shape index (κ3) is 2.93. The Morgan fingerprint density at radius 3 is 2.44 bits per heavy atom. The molecule has 0 N–H and O–H groups in total. The molecule has 0 unspecified atom stereocenters. The van der Waals surface area contributed by atoms with E-state index in [4.69, 9.17) is 4.42 Å². The SMILES string of the molecule is Cn1c(C(=O)N2CCN(c3ccc(F)cc3)CC2)cc2oc(Br)cc21. The predicted octanol–water partition coefficient (Wildman–Crippen LogP) is 3.64. The van der Waals surface area contributed by atoms with Gasteiger partial charge < -0.3 is 18.8 Å². The largest absolute Gasteiger partial charge is 0.448 e. The fourth-order valence-corrected chi connectivity index (χ4v) is 3.66. The number of nitrogens with zero attached hydrogens (tertiary/aromatic N) is 3. The molecule has 0 saturated carbocycles. The van der Waals surface area contributed by atoms with E-state index in [1.165, 1.54) is 12.1 Å². The Morgan fingerprint density at radius 2 is 1.80 bits per heavy atom. The van der Waals surface area contributed by atoms with E-state index in [0.717, 1.165) is 24.3 Å². The number of halogens is 2. The quantitative estimate of drug-likeness (QED) is 0.653. The molecule has 1 aliphatic heterocycles. The molecule has 130 valence electrons. The number of fused-ring (bicyclic) bond motifs is 1. The molecule has 3 heterocycles. The van der Waals surface area contributed by atoms with Crippen LogP contribution in [-0.4, -0.2) is 41.6 Å². The van der Waals surface area contributed by atoms with Crippen molar-refractivity contribution in [1.82, 2.24) is 9.47 Å². The van der Waals surface area contributed by atoms with Gasteiger partial charge in [0, 0.05) is 51.0 Å². The zero-order chi connectivity index (χ0) is 17.6. The van der Waals surface area contributed by atoms with Gasteiger partial charge in [-0.15, -0.1) is 0 Å². The van der Waals surface area contributed by atoms with Gasteiger partial charge in [-0.25, -0.2) is 4.39 Å². The first-order valence-corrected chi connectivity index (χ1v) is 8.87. The van der Waals surface area contributed by atoms with E-state index in [9.17, 15) is 9.18 Å². The number of carbonyl (C=O) groups is 1. The van der Waals surface area contributed by atoms with Crippen molar-refractivity contribution in [1.29, 1.82) is 0 Å². The molecule has 3 aromatic rings. The van der Waals surface area contributed by atoms with E-state index in [2.05, 4.69) is 20.8 Å². The minimum absolute atomic E-state index is 0.00350. The number of carbonyl (C=O) groups excluding carboxylic acids is 1. The van der Waals surface area contributed by atoms with Gasteiger partial charge in [-0.3, -0.25) is 4.79 Å². The molecular weight excluding hydrogens is 389 g/mol. The first-order chi connectivity index (χ1) is 12.0. The summed E-state index contributed by atoms with van der Waals surface area (Å²) in [7, 11) is 1.87. The van der Waals surface area contributed by atoms with Gasteiger partial charge in [-0.05, 0) is 40.2 Å². The second-order valence-electron chi connectivity index (χ2n) is 6.14. The number of amides is 1. The maximum atomic E-state index is 13.0. The zero-order valence-corrected chi connectivity index (χ0v) is 15.3. The van der Waals surface area contributed by atoms with Crippen molar-refractivity contribution < 1.29 is 13.6 Å². The van der Waals surface area contributed by atoms with Crippen molar-refractivity contribution in [2.75, 3.05) is 31.1 Å². The lowest BCUT2D eigenvalue weighted by Crippen LogP contribution is -2.49. The smallest absolute Gasteiger partial charge is 0.270 e. The molecule has 4 rings (SSSR count). The Kier molecular flexibility index (Phi) is 4.03. The summed E-state index contributed by atoms with van der Waals surface area (Å²) in [4.78, 5) is 16.9. The first-order valence-electron chi connectivity index (χ1n) is 8.07. The molecule has 25 heavy (non-hydrogen) atoms. The lowest BCUT2D eigenvalue weighted by Gasteiger charge is -2.36. The minimum atomic E-state index is -0.239. The number of hydrogen-bond donors (Lipinski definition) is 0. The third-order valence-electron chi connectivity index (χ3n) is 4.68. The van der Waals surface area contributed by atoms with Gasteiger partial charge in [0.2, 0.25) is 0 Å². The van der Waals surface area contributed by atoms with E-state index >= 15 is 0 Å². The summed E-state index contributed by atoms with van der Waals surface area (Å²) in [6.45, 7) is 2.71. The van der Waals surface area contributed by atoms with Crippen LogP contribution in [0.25, 0.3) is 11.1 Å². The summed E-state index contributed by atoms with van der Waals surface area (Å²) in [5.74, 6) is -0.235. The Hall–Kier alpha value is -2.28. The van der Waals surface area contributed by atoms with Crippen LogP contribution >= 0.6 is 15.9 Å². The highest BCUT2D eigenvalue weighted by atomic mass is 79.9. The van der Waals surface area contributed by atoms with Crippen molar-refractivity contribution >= 4 is 38.6 Å². The van der Waals surface area contributed by atoms with E-state index in [-0.39, 0.29) is 11.7 Å². The molecule has 0 spiro atoms. The van der Waals surface area contributed by atoms with Crippen LogP contribution in [-0.2, 0) is 7.05 Å². The van der Waals surface area contributed by atoms with Crippen LogP contribution in [0.2, 0.25) is 0 Å². The molecule has 1 saturated heterocycles. The van der Waals surface area contributed by atoms with Crippen molar-refractivity contribution in [2.45, 2.75) is 0 Å². The van der Waals surface area contributed by atoms with E-state index in [1.807, 2.05) is 22.6 Å². The van der Waals surface area contributed by atoms with Crippen molar-refractivity contribution in [3.63, 3.8) is 0 Å². The van der Waals surface area contributed by atoms with Gasteiger partial charge in [0.25, 0.3) is 5.91 Å². The molecule has 1 aliphatic rings. The number of hydrogen-bond acceptors (Lipinski definition) is 3. The molecule has 1 fully saturated rings. The molecule has 5 nitrogen and oxygen atoms in total. The molecule has 1 aromatic carbocycles. The average Bonchev–Trinajstić information content (AvgIpc) is 3.13. The highest BCUT2D eigenvalue weighted by Gasteiger charge is 2.25. The minimum Gasteiger partial charge on any atom is -0.448 e. The van der Waals surface area contributed by atoms with Gasteiger partial charge in [-0.2, -0.15) is 0 Å². The van der Waals surface area contributed by atoms with E-state index in [0.29, 0.717) is 29.0 Å². The normalized spacial score (nSPS) is 15.2. The van der Waals surface area contributed by atoms with Gasteiger partial charge in [0.1, 0.15) is 11.5 Å². The van der Waals surface area contributed by atoms with Crippen LogP contribution in [0, 0.1) is 5.82 Å². The second kappa shape index (κ2) is 6.22. The number of aromatic nitrogens is 1. The predicted molar refractivity (Wildman–Crippen MR) is 97.4 cm³/mol. The monoisotopic (exact) mass is 405 g/mol. The van der Waals surface area contributed by atoms with Crippen LogP contribution in [0.5, 0.6) is 0 Å². The molecule has 1 amide bonds. The van der Waals surface area contributed by atoms with Crippen molar-refractivity contribution in [3.05, 3.63) is 52.6 Å². The van der Waals surface area contributed by atoms with Crippen molar-refractivity contribution in [2.24, 2.45) is 7.05 Å².